The third-order valence-corrected chi connectivity index (χ3v) is 3.52. The highest BCUT2D eigenvalue weighted by atomic mass is 32.2. The van der Waals surface area contributed by atoms with Crippen molar-refractivity contribution in [1.29, 1.82) is 0 Å². The first-order valence-electron chi connectivity index (χ1n) is 6.24. The van der Waals surface area contributed by atoms with E-state index in [1.807, 2.05) is 6.92 Å². The lowest BCUT2D eigenvalue weighted by molar-refractivity contribution is -0.145. The van der Waals surface area contributed by atoms with Gasteiger partial charge in [0.05, 0.1) is 12.8 Å². The number of thioether (sulfide) groups is 1. The number of aromatic nitrogens is 1. The first kappa shape index (κ1) is 13.4. The summed E-state index contributed by atoms with van der Waals surface area (Å²) in [5.74, 6) is 0.626. The van der Waals surface area contributed by atoms with E-state index < -0.39 is 0 Å². The molecule has 0 amide bonds. The van der Waals surface area contributed by atoms with Crippen molar-refractivity contribution in [3.8, 4) is 0 Å². The van der Waals surface area contributed by atoms with Crippen LogP contribution < -0.4 is 5.32 Å². The van der Waals surface area contributed by atoms with Gasteiger partial charge in [0.15, 0.2) is 0 Å². The SMILES string of the molecule is CCOC(=O)C(CCSc1ncco1)NC1CC1. The molecule has 1 fully saturated rings. The summed E-state index contributed by atoms with van der Waals surface area (Å²) in [4.78, 5) is 15.8. The molecule has 1 saturated carbocycles. The van der Waals surface area contributed by atoms with Gasteiger partial charge in [-0.05, 0) is 26.2 Å². The number of hydrogen-bond donors (Lipinski definition) is 1. The van der Waals surface area contributed by atoms with E-state index in [4.69, 9.17) is 9.15 Å². The highest BCUT2D eigenvalue weighted by molar-refractivity contribution is 7.99. The molecule has 0 aromatic carbocycles. The average Bonchev–Trinajstić information content (AvgIpc) is 3.02. The number of carbonyl (C=O) groups is 1. The molecule has 2 rings (SSSR count). The minimum atomic E-state index is -0.208. The Morgan fingerprint density at radius 3 is 3.17 bits per heavy atom. The molecule has 1 aliphatic rings. The lowest BCUT2D eigenvalue weighted by atomic mass is 10.2. The Morgan fingerprint density at radius 2 is 2.56 bits per heavy atom. The molecular weight excluding hydrogens is 252 g/mol. The van der Waals surface area contributed by atoms with Crippen LogP contribution in [0.4, 0.5) is 0 Å². The van der Waals surface area contributed by atoms with E-state index >= 15 is 0 Å². The molecule has 1 atom stereocenters. The summed E-state index contributed by atoms with van der Waals surface area (Å²) in [7, 11) is 0. The largest absolute Gasteiger partial charge is 0.465 e. The molecule has 18 heavy (non-hydrogen) atoms. The van der Waals surface area contributed by atoms with Crippen molar-refractivity contribution in [2.24, 2.45) is 0 Å². The molecule has 1 aromatic heterocycles. The summed E-state index contributed by atoms with van der Waals surface area (Å²) >= 11 is 1.51. The van der Waals surface area contributed by atoms with Crippen LogP contribution in [0, 0.1) is 0 Å². The normalized spacial score (nSPS) is 16.5. The number of hydrogen-bond acceptors (Lipinski definition) is 6. The molecular formula is C12H18N2O3S. The summed E-state index contributed by atoms with van der Waals surface area (Å²) in [6, 6.07) is 0.283. The van der Waals surface area contributed by atoms with E-state index in [-0.39, 0.29) is 12.0 Å². The van der Waals surface area contributed by atoms with Gasteiger partial charge in [0.2, 0.25) is 0 Å². The Kier molecular flexibility index (Phi) is 5.07. The van der Waals surface area contributed by atoms with Gasteiger partial charge in [0, 0.05) is 11.8 Å². The van der Waals surface area contributed by atoms with Gasteiger partial charge in [-0.25, -0.2) is 4.98 Å². The van der Waals surface area contributed by atoms with Gasteiger partial charge < -0.3 is 14.5 Å². The second-order valence-corrected chi connectivity index (χ2v) is 5.23. The maximum Gasteiger partial charge on any atom is 0.323 e. The maximum atomic E-state index is 11.8. The zero-order valence-corrected chi connectivity index (χ0v) is 11.2. The Labute approximate surface area is 111 Å². The van der Waals surface area contributed by atoms with Crippen molar-refractivity contribution in [1.82, 2.24) is 10.3 Å². The van der Waals surface area contributed by atoms with E-state index in [9.17, 15) is 4.79 Å². The number of esters is 1. The van der Waals surface area contributed by atoms with Crippen LogP contribution in [0.1, 0.15) is 26.2 Å². The minimum absolute atomic E-state index is 0.155. The van der Waals surface area contributed by atoms with Crippen LogP contribution in [0.15, 0.2) is 22.1 Å². The predicted octanol–water partition coefficient (Wildman–Crippen LogP) is 1.84. The fraction of sp³-hybridized carbons (Fsp3) is 0.667. The molecule has 1 aromatic rings. The molecule has 1 heterocycles. The molecule has 0 saturated heterocycles. The molecule has 1 unspecified atom stereocenters. The molecule has 6 heteroatoms. The highest BCUT2D eigenvalue weighted by Gasteiger charge is 2.28. The summed E-state index contributed by atoms with van der Waals surface area (Å²) in [6.45, 7) is 2.25. The predicted molar refractivity (Wildman–Crippen MR) is 68.4 cm³/mol. The summed E-state index contributed by atoms with van der Waals surface area (Å²) in [6.07, 6.45) is 6.20. The Hall–Kier alpha value is -1.01. The van der Waals surface area contributed by atoms with Gasteiger partial charge in [-0.1, -0.05) is 11.8 Å². The van der Waals surface area contributed by atoms with Gasteiger partial charge in [-0.2, -0.15) is 0 Å². The van der Waals surface area contributed by atoms with Crippen LogP contribution in [0.5, 0.6) is 0 Å². The number of rotatable bonds is 8. The van der Waals surface area contributed by atoms with Crippen LogP contribution >= 0.6 is 11.8 Å². The molecule has 5 nitrogen and oxygen atoms in total. The van der Waals surface area contributed by atoms with Crippen LogP contribution in [-0.2, 0) is 9.53 Å². The van der Waals surface area contributed by atoms with Crippen molar-refractivity contribution in [2.75, 3.05) is 12.4 Å². The van der Waals surface area contributed by atoms with Gasteiger partial charge in [-0.3, -0.25) is 4.79 Å². The Morgan fingerprint density at radius 1 is 1.72 bits per heavy atom. The number of nitrogens with one attached hydrogen (secondary N) is 1. The summed E-state index contributed by atoms with van der Waals surface area (Å²) in [5.41, 5.74) is 0. The first-order chi connectivity index (χ1) is 8.79. The molecule has 0 spiro atoms. The average molecular weight is 270 g/mol. The quantitative estimate of drug-likeness (QED) is 0.574. The van der Waals surface area contributed by atoms with E-state index in [1.54, 1.807) is 12.5 Å². The number of carbonyl (C=O) groups excluding carboxylic acids is 1. The van der Waals surface area contributed by atoms with Crippen molar-refractivity contribution < 1.29 is 13.9 Å². The maximum absolute atomic E-state index is 11.8. The number of oxazole rings is 1. The lowest BCUT2D eigenvalue weighted by Gasteiger charge is -2.16. The van der Waals surface area contributed by atoms with Crippen LogP contribution in [0.25, 0.3) is 0 Å². The Bertz CT molecular complexity index is 365. The van der Waals surface area contributed by atoms with E-state index in [0.717, 1.165) is 25.0 Å². The van der Waals surface area contributed by atoms with Crippen molar-refractivity contribution in [3.05, 3.63) is 12.5 Å². The number of nitrogens with zero attached hydrogens (tertiary/aromatic N) is 1. The minimum Gasteiger partial charge on any atom is -0.465 e. The topological polar surface area (TPSA) is 64.4 Å². The van der Waals surface area contributed by atoms with Crippen LogP contribution in [0.2, 0.25) is 0 Å². The summed E-state index contributed by atoms with van der Waals surface area (Å²) in [5, 5.41) is 3.96. The molecule has 0 bridgehead atoms. The van der Waals surface area contributed by atoms with Crippen LogP contribution in [0.3, 0.4) is 0 Å². The van der Waals surface area contributed by atoms with Crippen molar-refractivity contribution in [3.63, 3.8) is 0 Å². The molecule has 1 N–H and O–H groups in total. The third kappa shape index (κ3) is 4.34. The zero-order valence-electron chi connectivity index (χ0n) is 10.4. The molecule has 1 aliphatic carbocycles. The third-order valence-electron chi connectivity index (χ3n) is 2.63. The molecule has 0 radical (unpaired) electrons. The second-order valence-electron chi connectivity index (χ2n) is 4.18. The van der Waals surface area contributed by atoms with E-state index in [1.165, 1.54) is 11.8 Å². The molecule has 100 valence electrons. The van der Waals surface area contributed by atoms with Gasteiger partial charge >= 0.3 is 5.97 Å². The van der Waals surface area contributed by atoms with Crippen molar-refractivity contribution in [2.45, 2.75) is 43.5 Å². The fourth-order valence-corrected chi connectivity index (χ4v) is 2.38. The number of ether oxygens (including phenoxy) is 1. The monoisotopic (exact) mass is 270 g/mol. The molecule has 0 aliphatic heterocycles. The van der Waals surface area contributed by atoms with Gasteiger partial charge in [0.25, 0.3) is 5.22 Å². The second kappa shape index (κ2) is 6.80. The fourth-order valence-electron chi connectivity index (χ4n) is 1.59. The smallest absolute Gasteiger partial charge is 0.323 e. The van der Waals surface area contributed by atoms with E-state index in [2.05, 4.69) is 10.3 Å². The van der Waals surface area contributed by atoms with Crippen LogP contribution in [-0.4, -0.2) is 35.4 Å². The lowest BCUT2D eigenvalue weighted by Crippen LogP contribution is -2.39. The highest BCUT2D eigenvalue weighted by Crippen LogP contribution is 2.22. The first-order valence-corrected chi connectivity index (χ1v) is 7.23. The Balaban J connectivity index is 1.74. The standard InChI is InChI=1S/C12H18N2O3S/c1-2-16-11(15)10(14-9-3-4-9)5-8-18-12-13-6-7-17-12/h6-7,9-10,14H,2-5,8H2,1H3. The van der Waals surface area contributed by atoms with E-state index in [0.29, 0.717) is 17.9 Å². The summed E-state index contributed by atoms with van der Waals surface area (Å²) < 4.78 is 10.2. The van der Waals surface area contributed by atoms with Gasteiger partial charge in [0.1, 0.15) is 12.3 Å². The van der Waals surface area contributed by atoms with Crippen molar-refractivity contribution >= 4 is 17.7 Å². The zero-order chi connectivity index (χ0) is 12.8. The van der Waals surface area contributed by atoms with Gasteiger partial charge in [-0.15, -0.1) is 0 Å².